The second-order valence-electron chi connectivity index (χ2n) is 5.17. The minimum Gasteiger partial charge on any atom is -0.353 e. The maximum absolute atomic E-state index is 12.5. The summed E-state index contributed by atoms with van der Waals surface area (Å²) in [6, 6.07) is 3.17. The van der Waals surface area contributed by atoms with Crippen LogP contribution in [0.2, 0.25) is 0 Å². The summed E-state index contributed by atoms with van der Waals surface area (Å²) in [5, 5.41) is 2.81. The van der Waals surface area contributed by atoms with Crippen molar-refractivity contribution < 1.29 is 9.59 Å². The summed E-state index contributed by atoms with van der Waals surface area (Å²) in [7, 11) is 0. The number of pyridine rings is 1. The Balaban J connectivity index is 2.25. The summed E-state index contributed by atoms with van der Waals surface area (Å²) in [4.78, 5) is 30.2. The van der Waals surface area contributed by atoms with Crippen molar-refractivity contribution in [3.63, 3.8) is 0 Å². The summed E-state index contributed by atoms with van der Waals surface area (Å²) in [5.74, 6) is -0.113. The lowest BCUT2D eigenvalue weighted by molar-refractivity contribution is -0.129. The molecule has 5 nitrogen and oxygen atoms in total. The second kappa shape index (κ2) is 5.38. The van der Waals surface area contributed by atoms with Crippen LogP contribution in [-0.2, 0) is 4.79 Å². The first-order chi connectivity index (χ1) is 9.00. The molecule has 2 amide bonds. The number of aryl methyl sites for hydroxylation is 1. The molecule has 2 rings (SSSR count). The van der Waals surface area contributed by atoms with E-state index < -0.39 is 6.04 Å². The Morgan fingerprint density at radius 1 is 1.47 bits per heavy atom. The summed E-state index contributed by atoms with van der Waals surface area (Å²) in [6.45, 7) is 6.82. The topological polar surface area (TPSA) is 62.3 Å². The number of nitrogens with one attached hydrogen (secondary N) is 1. The monoisotopic (exact) mass is 261 g/mol. The van der Waals surface area contributed by atoms with E-state index in [1.807, 2.05) is 26.8 Å². The molecule has 102 valence electrons. The largest absolute Gasteiger partial charge is 0.353 e. The van der Waals surface area contributed by atoms with Crippen LogP contribution < -0.4 is 5.32 Å². The molecular formula is C14H19N3O2. The molecule has 1 atom stereocenters. The lowest BCUT2D eigenvalue weighted by Gasteiger charge is -2.37. The smallest absolute Gasteiger partial charge is 0.256 e. The van der Waals surface area contributed by atoms with Crippen molar-refractivity contribution in [2.75, 3.05) is 13.1 Å². The van der Waals surface area contributed by atoms with Crippen LogP contribution in [0, 0.1) is 12.8 Å². The second-order valence-corrected chi connectivity index (χ2v) is 5.17. The quantitative estimate of drug-likeness (QED) is 0.863. The van der Waals surface area contributed by atoms with E-state index in [0.717, 1.165) is 5.69 Å². The van der Waals surface area contributed by atoms with Crippen molar-refractivity contribution in [1.82, 2.24) is 15.2 Å². The van der Waals surface area contributed by atoms with E-state index in [9.17, 15) is 9.59 Å². The predicted octanol–water partition coefficient (Wildman–Crippen LogP) is 0.987. The van der Waals surface area contributed by atoms with Gasteiger partial charge in [0.05, 0.1) is 5.56 Å². The molecule has 2 heterocycles. The molecule has 1 aliphatic rings. The molecule has 0 saturated carbocycles. The van der Waals surface area contributed by atoms with Gasteiger partial charge in [-0.2, -0.15) is 0 Å². The molecule has 19 heavy (non-hydrogen) atoms. The normalized spacial score (nSPS) is 19.5. The number of nitrogens with zero attached hydrogens (tertiary/aromatic N) is 2. The third-order valence-corrected chi connectivity index (χ3v) is 3.31. The first-order valence-electron chi connectivity index (χ1n) is 6.52. The third-order valence-electron chi connectivity index (χ3n) is 3.31. The van der Waals surface area contributed by atoms with E-state index in [1.54, 1.807) is 17.2 Å². The Bertz CT molecular complexity index is 482. The first-order valence-corrected chi connectivity index (χ1v) is 6.52. The van der Waals surface area contributed by atoms with Crippen LogP contribution in [0.15, 0.2) is 18.3 Å². The van der Waals surface area contributed by atoms with Crippen LogP contribution >= 0.6 is 0 Å². The number of piperazine rings is 1. The van der Waals surface area contributed by atoms with Gasteiger partial charge in [-0.1, -0.05) is 13.8 Å². The van der Waals surface area contributed by atoms with E-state index in [-0.39, 0.29) is 17.7 Å². The molecule has 0 aliphatic carbocycles. The Morgan fingerprint density at radius 3 is 2.79 bits per heavy atom. The fraction of sp³-hybridized carbons (Fsp3) is 0.500. The lowest BCUT2D eigenvalue weighted by Crippen LogP contribution is -2.59. The van der Waals surface area contributed by atoms with Crippen molar-refractivity contribution in [3.8, 4) is 0 Å². The van der Waals surface area contributed by atoms with Gasteiger partial charge in [0, 0.05) is 25.0 Å². The van der Waals surface area contributed by atoms with Crippen LogP contribution in [0.3, 0.4) is 0 Å². The van der Waals surface area contributed by atoms with Crippen molar-refractivity contribution in [2.45, 2.75) is 26.8 Å². The van der Waals surface area contributed by atoms with Crippen LogP contribution in [0.5, 0.6) is 0 Å². The number of carbonyl (C=O) groups is 2. The molecule has 1 N–H and O–H groups in total. The van der Waals surface area contributed by atoms with Crippen molar-refractivity contribution in [2.24, 2.45) is 5.92 Å². The Morgan fingerprint density at radius 2 is 2.21 bits per heavy atom. The maximum Gasteiger partial charge on any atom is 0.256 e. The molecule has 1 aliphatic heterocycles. The average molecular weight is 261 g/mol. The Labute approximate surface area is 113 Å². The molecule has 1 saturated heterocycles. The molecular weight excluding hydrogens is 242 g/mol. The molecule has 1 aromatic rings. The summed E-state index contributed by atoms with van der Waals surface area (Å²) >= 11 is 0. The van der Waals surface area contributed by atoms with Gasteiger partial charge in [0.15, 0.2) is 0 Å². The highest BCUT2D eigenvalue weighted by Crippen LogP contribution is 2.17. The van der Waals surface area contributed by atoms with E-state index in [0.29, 0.717) is 18.7 Å². The average Bonchev–Trinajstić information content (AvgIpc) is 2.38. The van der Waals surface area contributed by atoms with Gasteiger partial charge in [0.1, 0.15) is 6.04 Å². The molecule has 0 radical (unpaired) electrons. The zero-order valence-corrected chi connectivity index (χ0v) is 11.5. The molecule has 1 fully saturated rings. The predicted molar refractivity (Wildman–Crippen MR) is 71.6 cm³/mol. The molecule has 5 heteroatoms. The van der Waals surface area contributed by atoms with Gasteiger partial charge in [-0.05, 0) is 25.0 Å². The number of carbonyl (C=O) groups excluding carboxylic acids is 2. The van der Waals surface area contributed by atoms with Crippen molar-refractivity contribution in [3.05, 3.63) is 29.6 Å². The van der Waals surface area contributed by atoms with Crippen LogP contribution in [0.4, 0.5) is 0 Å². The minimum absolute atomic E-state index is 0.0744. The van der Waals surface area contributed by atoms with Gasteiger partial charge in [0.2, 0.25) is 5.91 Å². The first kappa shape index (κ1) is 13.5. The van der Waals surface area contributed by atoms with Gasteiger partial charge < -0.3 is 10.2 Å². The Hall–Kier alpha value is -1.91. The highest BCUT2D eigenvalue weighted by Gasteiger charge is 2.35. The van der Waals surface area contributed by atoms with Gasteiger partial charge in [-0.3, -0.25) is 14.6 Å². The van der Waals surface area contributed by atoms with Crippen molar-refractivity contribution >= 4 is 11.8 Å². The summed E-state index contributed by atoms with van der Waals surface area (Å²) in [6.07, 6.45) is 1.57. The fourth-order valence-corrected chi connectivity index (χ4v) is 2.34. The highest BCUT2D eigenvalue weighted by molar-refractivity contribution is 5.98. The SMILES string of the molecule is Cc1ccc(C(=O)N2CCNC(=O)[C@@H]2C(C)C)cn1. The van der Waals surface area contributed by atoms with Crippen LogP contribution in [0.1, 0.15) is 29.9 Å². The highest BCUT2D eigenvalue weighted by atomic mass is 16.2. The maximum atomic E-state index is 12.5. The molecule has 0 unspecified atom stereocenters. The van der Waals surface area contributed by atoms with Crippen molar-refractivity contribution in [1.29, 1.82) is 0 Å². The van der Waals surface area contributed by atoms with E-state index in [1.165, 1.54) is 0 Å². The van der Waals surface area contributed by atoms with Gasteiger partial charge in [0.25, 0.3) is 5.91 Å². The third kappa shape index (κ3) is 2.75. The number of amides is 2. The standard InChI is InChI=1S/C14H19N3O2/c1-9(2)12-13(18)15-6-7-17(12)14(19)11-5-4-10(3)16-8-11/h4-5,8-9,12H,6-7H2,1-3H3,(H,15,18)/t12-/m0/s1. The molecule has 0 spiro atoms. The molecule has 0 bridgehead atoms. The lowest BCUT2D eigenvalue weighted by atomic mass is 9.99. The van der Waals surface area contributed by atoms with Crippen LogP contribution in [0.25, 0.3) is 0 Å². The molecule has 1 aromatic heterocycles. The number of aromatic nitrogens is 1. The summed E-state index contributed by atoms with van der Waals surface area (Å²) in [5.41, 5.74) is 1.40. The van der Waals surface area contributed by atoms with Gasteiger partial charge >= 0.3 is 0 Å². The van der Waals surface area contributed by atoms with E-state index >= 15 is 0 Å². The Kier molecular flexibility index (Phi) is 3.83. The number of rotatable bonds is 2. The van der Waals surface area contributed by atoms with Gasteiger partial charge in [-0.25, -0.2) is 0 Å². The molecule has 0 aromatic carbocycles. The van der Waals surface area contributed by atoms with E-state index in [4.69, 9.17) is 0 Å². The van der Waals surface area contributed by atoms with Gasteiger partial charge in [-0.15, -0.1) is 0 Å². The fourth-order valence-electron chi connectivity index (χ4n) is 2.34. The summed E-state index contributed by atoms with van der Waals surface area (Å²) < 4.78 is 0. The minimum atomic E-state index is -0.400. The van der Waals surface area contributed by atoms with E-state index in [2.05, 4.69) is 10.3 Å². The number of hydrogen-bond donors (Lipinski definition) is 1. The zero-order chi connectivity index (χ0) is 14.0. The zero-order valence-electron chi connectivity index (χ0n) is 11.5. The van der Waals surface area contributed by atoms with Crippen LogP contribution in [-0.4, -0.2) is 40.8 Å². The number of hydrogen-bond acceptors (Lipinski definition) is 3.